The third kappa shape index (κ3) is 5.60. The molecule has 2 fully saturated rings. The van der Waals surface area contributed by atoms with E-state index in [0.717, 1.165) is 23.1 Å². The molecular weight excluding hydrogens is 294 g/mol. The lowest BCUT2D eigenvalue weighted by Crippen LogP contribution is -2.50. The molecule has 0 unspecified atom stereocenters. The molecule has 2 aliphatic carbocycles. The third-order valence-electron chi connectivity index (χ3n) is 6.12. The minimum atomic E-state index is 0.747. The molecule has 0 aliphatic heterocycles. The molecule has 1 aromatic rings. The van der Waals surface area contributed by atoms with Crippen molar-refractivity contribution < 1.29 is 9.48 Å². The van der Waals surface area contributed by atoms with Crippen LogP contribution in [0.4, 0.5) is 0 Å². The number of rotatable bonds is 7. The van der Waals surface area contributed by atoms with Crippen LogP contribution in [0.5, 0.6) is 0 Å². The molecule has 1 aromatic carbocycles. The fourth-order valence-electron chi connectivity index (χ4n) is 4.82. The average molecular weight is 331 g/mol. The summed E-state index contributed by atoms with van der Waals surface area (Å²) >= 11 is 0. The molecule has 2 saturated carbocycles. The molecule has 0 spiro atoms. The molecule has 24 heavy (non-hydrogen) atoms. The first kappa shape index (κ1) is 17.9. The largest absolute Gasteiger partial charge is 0.198 e. The van der Waals surface area contributed by atoms with E-state index in [-0.39, 0.29) is 0 Å². The van der Waals surface area contributed by atoms with Crippen molar-refractivity contribution in [3.8, 4) is 0 Å². The van der Waals surface area contributed by atoms with Crippen LogP contribution in [0.15, 0.2) is 30.3 Å². The van der Waals surface area contributed by atoms with Gasteiger partial charge in [0.05, 0.1) is 7.05 Å². The topological polar surface area (TPSA) is 9.23 Å². The molecule has 2 nitrogen and oxygen atoms in total. The zero-order valence-electron chi connectivity index (χ0n) is 15.6. The van der Waals surface area contributed by atoms with Crippen LogP contribution in [0.25, 0.3) is 0 Å². The van der Waals surface area contributed by atoms with E-state index in [1.807, 2.05) is 0 Å². The summed E-state index contributed by atoms with van der Waals surface area (Å²) in [6.07, 6.45) is 14.2. The Kier molecular flexibility index (Phi) is 6.74. The normalized spacial score (nSPS) is 21.0. The minimum absolute atomic E-state index is 0.747. The summed E-state index contributed by atoms with van der Waals surface area (Å²) in [5.74, 6) is 1.73. The molecule has 2 aliphatic rings. The van der Waals surface area contributed by atoms with Gasteiger partial charge in [0.2, 0.25) is 0 Å². The van der Waals surface area contributed by atoms with Crippen molar-refractivity contribution in [2.24, 2.45) is 11.8 Å². The summed E-state index contributed by atoms with van der Waals surface area (Å²) in [6, 6.07) is 10.7. The van der Waals surface area contributed by atoms with Gasteiger partial charge < -0.3 is 0 Å². The van der Waals surface area contributed by atoms with Gasteiger partial charge in [0, 0.05) is 11.8 Å². The Morgan fingerprint density at radius 1 is 0.792 bits per heavy atom. The molecule has 0 saturated heterocycles. The SMILES string of the molecule is C[N+](CC1CCCCC1)(CC1CCCCC1)OCc1ccccc1. The first-order valence-corrected chi connectivity index (χ1v) is 10.3. The lowest BCUT2D eigenvalue weighted by molar-refractivity contribution is -1.10. The highest BCUT2D eigenvalue weighted by Crippen LogP contribution is 2.31. The van der Waals surface area contributed by atoms with Gasteiger partial charge in [-0.25, -0.2) is 0 Å². The highest BCUT2D eigenvalue weighted by Gasteiger charge is 2.33. The lowest BCUT2D eigenvalue weighted by atomic mass is 9.87. The van der Waals surface area contributed by atoms with Gasteiger partial charge in [-0.05, 0) is 31.2 Å². The predicted octanol–water partition coefficient (Wildman–Crippen LogP) is 5.73. The first-order chi connectivity index (χ1) is 11.7. The highest BCUT2D eigenvalue weighted by molar-refractivity contribution is 5.13. The number of hydroxylamine groups is 3. The molecule has 0 aromatic heterocycles. The molecular formula is C22H36NO+. The number of benzene rings is 1. The maximum atomic E-state index is 6.56. The lowest BCUT2D eigenvalue weighted by Gasteiger charge is -2.38. The minimum Gasteiger partial charge on any atom is -0.198 e. The molecule has 2 heteroatoms. The standard InChI is InChI=1S/C22H36NO/c1-23(17-20-11-5-2-6-12-20,18-21-13-7-3-8-14-21)24-19-22-15-9-4-10-16-22/h4,9-10,15-16,20-21H,2-3,5-8,11-14,17-19H2,1H3/q+1. The Bertz CT molecular complexity index is 440. The van der Waals surface area contributed by atoms with Gasteiger partial charge in [-0.2, -0.15) is 9.48 Å². The Hall–Kier alpha value is -0.860. The third-order valence-corrected chi connectivity index (χ3v) is 6.12. The van der Waals surface area contributed by atoms with Crippen LogP contribution in [0.1, 0.15) is 69.8 Å². The Morgan fingerprint density at radius 2 is 1.29 bits per heavy atom. The second kappa shape index (κ2) is 9.01. The molecule has 0 atom stereocenters. The number of nitrogens with zero attached hydrogens (tertiary/aromatic N) is 1. The van der Waals surface area contributed by atoms with Crippen LogP contribution in [0, 0.1) is 11.8 Å². The van der Waals surface area contributed by atoms with E-state index in [0.29, 0.717) is 0 Å². The molecule has 0 amide bonds. The summed E-state index contributed by atoms with van der Waals surface area (Å²) in [5, 5.41) is 0. The van der Waals surface area contributed by atoms with Crippen LogP contribution in [-0.2, 0) is 11.4 Å². The van der Waals surface area contributed by atoms with E-state index in [1.54, 1.807) is 0 Å². The summed E-state index contributed by atoms with van der Waals surface area (Å²) in [7, 11) is 2.35. The van der Waals surface area contributed by atoms with Crippen molar-refractivity contribution in [3.05, 3.63) is 35.9 Å². The molecule has 0 bridgehead atoms. The molecule has 3 rings (SSSR count). The van der Waals surface area contributed by atoms with Gasteiger partial charge in [-0.1, -0.05) is 68.9 Å². The second-order valence-electron chi connectivity index (χ2n) is 8.43. The van der Waals surface area contributed by atoms with Crippen molar-refractivity contribution in [1.29, 1.82) is 0 Å². The van der Waals surface area contributed by atoms with Crippen molar-refractivity contribution in [2.45, 2.75) is 70.8 Å². The zero-order valence-corrected chi connectivity index (χ0v) is 15.6. The van der Waals surface area contributed by atoms with Gasteiger partial charge in [0.1, 0.15) is 19.7 Å². The van der Waals surface area contributed by atoms with Crippen molar-refractivity contribution in [2.75, 3.05) is 20.1 Å². The molecule has 0 heterocycles. The van der Waals surface area contributed by atoms with E-state index < -0.39 is 0 Å². The van der Waals surface area contributed by atoms with Crippen molar-refractivity contribution >= 4 is 0 Å². The maximum absolute atomic E-state index is 6.56. The Morgan fingerprint density at radius 3 is 1.79 bits per heavy atom. The zero-order chi connectivity index (χ0) is 16.7. The van der Waals surface area contributed by atoms with E-state index in [9.17, 15) is 0 Å². The molecule has 0 N–H and O–H groups in total. The van der Waals surface area contributed by atoms with Crippen molar-refractivity contribution in [3.63, 3.8) is 0 Å². The average Bonchev–Trinajstić information content (AvgIpc) is 2.63. The number of quaternary nitrogens is 1. The quantitative estimate of drug-likeness (QED) is 0.458. The van der Waals surface area contributed by atoms with E-state index in [2.05, 4.69) is 37.4 Å². The summed E-state index contributed by atoms with van der Waals surface area (Å²) in [5.41, 5.74) is 1.30. The summed E-state index contributed by atoms with van der Waals surface area (Å²) in [6.45, 7) is 3.17. The Balaban J connectivity index is 1.61. The molecule has 0 radical (unpaired) electrons. The van der Waals surface area contributed by atoms with Gasteiger partial charge in [-0.3, -0.25) is 0 Å². The van der Waals surface area contributed by atoms with Crippen LogP contribution in [0.2, 0.25) is 0 Å². The fourth-order valence-corrected chi connectivity index (χ4v) is 4.82. The van der Waals surface area contributed by atoms with Gasteiger partial charge in [0.15, 0.2) is 0 Å². The van der Waals surface area contributed by atoms with Crippen LogP contribution >= 0.6 is 0 Å². The number of hydrogen-bond donors (Lipinski definition) is 0. The maximum Gasteiger partial charge on any atom is 0.131 e. The van der Waals surface area contributed by atoms with E-state index >= 15 is 0 Å². The predicted molar refractivity (Wildman–Crippen MR) is 100 cm³/mol. The van der Waals surface area contributed by atoms with Gasteiger partial charge >= 0.3 is 0 Å². The van der Waals surface area contributed by atoms with Crippen LogP contribution in [-0.4, -0.2) is 24.8 Å². The monoisotopic (exact) mass is 330 g/mol. The van der Waals surface area contributed by atoms with E-state index in [1.165, 1.54) is 82.9 Å². The highest BCUT2D eigenvalue weighted by atomic mass is 16.7. The summed E-state index contributed by atoms with van der Waals surface area (Å²) < 4.78 is 0.824. The van der Waals surface area contributed by atoms with Crippen molar-refractivity contribution in [1.82, 2.24) is 0 Å². The smallest absolute Gasteiger partial charge is 0.131 e. The molecule has 134 valence electrons. The first-order valence-electron chi connectivity index (χ1n) is 10.3. The number of hydrogen-bond acceptors (Lipinski definition) is 1. The second-order valence-corrected chi connectivity index (χ2v) is 8.43. The van der Waals surface area contributed by atoms with Gasteiger partial charge in [-0.15, -0.1) is 0 Å². The van der Waals surface area contributed by atoms with Gasteiger partial charge in [0.25, 0.3) is 0 Å². The fraction of sp³-hybridized carbons (Fsp3) is 0.727. The Labute approximate surface area is 148 Å². The van der Waals surface area contributed by atoms with Crippen LogP contribution in [0.3, 0.4) is 0 Å². The van der Waals surface area contributed by atoms with Crippen LogP contribution < -0.4 is 0 Å². The van der Waals surface area contributed by atoms with E-state index in [4.69, 9.17) is 4.84 Å². The summed E-state index contributed by atoms with van der Waals surface area (Å²) in [4.78, 5) is 6.56.